The first-order valence-corrected chi connectivity index (χ1v) is 5.97. The van der Waals surface area contributed by atoms with Gasteiger partial charge in [0, 0.05) is 25.0 Å². The minimum absolute atomic E-state index is 0.242. The van der Waals surface area contributed by atoms with Crippen molar-refractivity contribution in [1.29, 1.82) is 0 Å². The van der Waals surface area contributed by atoms with E-state index in [2.05, 4.69) is 18.9 Å². The maximum Gasteiger partial charge on any atom is 0.0522 e. The Labute approximate surface area is 90.1 Å². The quantitative estimate of drug-likeness (QED) is 0.804. The van der Waals surface area contributed by atoms with Crippen molar-refractivity contribution in [3.8, 4) is 0 Å². The first kappa shape index (κ1) is 11.6. The number of nitrogens with zero attached hydrogens (tertiary/aromatic N) is 2. The Morgan fingerprint density at radius 1 is 1.57 bits per heavy atom. The zero-order valence-corrected chi connectivity index (χ0v) is 9.92. The molecule has 0 aliphatic heterocycles. The van der Waals surface area contributed by atoms with Crippen molar-refractivity contribution in [3.63, 3.8) is 0 Å². The lowest BCUT2D eigenvalue weighted by atomic mass is 10.1. The highest BCUT2D eigenvalue weighted by molar-refractivity contribution is 7.99. The standard InChI is InChI=1S/C10H19N3S/c1-8(2)14-7-10(11)4-9-5-12-13(3)6-9/h5-6,8,10H,4,7,11H2,1-3H3. The number of rotatable bonds is 5. The van der Waals surface area contributed by atoms with Crippen molar-refractivity contribution in [2.75, 3.05) is 5.75 Å². The number of hydrogen-bond donors (Lipinski definition) is 1. The average Bonchev–Trinajstić information content (AvgIpc) is 2.48. The molecule has 0 saturated heterocycles. The van der Waals surface area contributed by atoms with Crippen LogP contribution in [0.4, 0.5) is 0 Å². The molecule has 0 aliphatic carbocycles. The normalized spacial score (nSPS) is 13.5. The monoisotopic (exact) mass is 213 g/mol. The molecule has 0 radical (unpaired) electrons. The molecule has 0 spiro atoms. The van der Waals surface area contributed by atoms with E-state index < -0.39 is 0 Å². The topological polar surface area (TPSA) is 43.8 Å². The molecule has 1 atom stereocenters. The minimum Gasteiger partial charge on any atom is -0.327 e. The van der Waals surface area contributed by atoms with Crippen LogP contribution in [0.5, 0.6) is 0 Å². The number of thioether (sulfide) groups is 1. The molecule has 0 amide bonds. The van der Waals surface area contributed by atoms with Crippen LogP contribution < -0.4 is 5.73 Å². The Balaban J connectivity index is 2.30. The second kappa shape index (κ2) is 5.41. The molecule has 1 unspecified atom stereocenters. The zero-order chi connectivity index (χ0) is 10.6. The lowest BCUT2D eigenvalue weighted by Gasteiger charge is -2.11. The first-order chi connectivity index (χ1) is 6.58. The van der Waals surface area contributed by atoms with Crippen LogP contribution in [-0.2, 0) is 13.5 Å². The Kier molecular flexibility index (Phi) is 4.48. The highest BCUT2D eigenvalue weighted by Crippen LogP contribution is 2.11. The summed E-state index contributed by atoms with van der Waals surface area (Å²) in [4.78, 5) is 0. The Morgan fingerprint density at radius 2 is 2.29 bits per heavy atom. The number of aromatic nitrogens is 2. The Hall–Kier alpha value is -0.480. The fourth-order valence-corrected chi connectivity index (χ4v) is 2.00. The highest BCUT2D eigenvalue weighted by atomic mass is 32.2. The molecule has 0 bridgehead atoms. The van der Waals surface area contributed by atoms with Gasteiger partial charge in [0.15, 0.2) is 0 Å². The SMILES string of the molecule is CC(C)SCC(N)Cc1cnn(C)c1. The van der Waals surface area contributed by atoms with E-state index in [0.29, 0.717) is 5.25 Å². The van der Waals surface area contributed by atoms with Crippen molar-refractivity contribution in [3.05, 3.63) is 18.0 Å². The van der Waals surface area contributed by atoms with Gasteiger partial charge in [0.2, 0.25) is 0 Å². The maximum atomic E-state index is 6.01. The van der Waals surface area contributed by atoms with Gasteiger partial charge in [0.25, 0.3) is 0 Å². The fourth-order valence-electron chi connectivity index (χ4n) is 1.26. The van der Waals surface area contributed by atoms with Gasteiger partial charge in [-0.3, -0.25) is 4.68 Å². The largest absolute Gasteiger partial charge is 0.327 e. The van der Waals surface area contributed by atoms with Crippen LogP contribution in [0.15, 0.2) is 12.4 Å². The molecular weight excluding hydrogens is 194 g/mol. The van der Waals surface area contributed by atoms with Gasteiger partial charge in [-0.15, -0.1) is 0 Å². The van der Waals surface area contributed by atoms with Crippen LogP contribution in [-0.4, -0.2) is 26.8 Å². The van der Waals surface area contributed by atoms with Crippen LogP contribution >= 0.6 is 11.8 Å². The summed E-state index contributed by atoms with van der Waals surface area (Å²) in [5, 5.41) is 4.78. The second-order valence-corrected chi connectivity index (χ2v) is 5.48. The van der Waals surface area contributed by atoms with Crippen molar-refractivity contribution in [1.82, 2.24) is 9.78 Å². The van der Waals surface area contributed by atoms with Crippen molar-refractivity contribution in [2.24, 2.45) is 12.8 Å². The van der Waals surface area contributed by atoms with Gasteiger partial charge >= 0.3 is 0 Å². The van der Waals surface area contributed by atoms with Gasteiger partial charge in [-0.05, 0) is 17.2 Å². The van der Waals surface area contributed by atoms with Crippen LogP contribution in [0.3, 0.4) is 0 Å². The summed E-state index contributed by atoms with van der Waals surface area (Å²) in [6.45, 7) is 4.39. The predicted octanol–water partition coefficient (Wildman–Crippen LogP) is 1.43. The molecule has 0 saturated carbocycles. The smallest absolute Gasteiger partial charge is 0.0522 e. The molecule has 1 heterocycles. The fraction of sp³-hybridized carbons (Fsp3) is 0.700. The van der Waals surface area contributed by atoms with Crippen LogP contribution in [0.25, 0.3) is 0 Å². The lowest BCUT2D eigenvalue weighted by molar-refractivity contribution is 0.741. The van der Waals surface area contributed by atoms with Crippen molar-refractivity contribution in [2.45, 2.75) is 31.6 Å². The van der Waals surface area contributed by atoms with Crippen molar-refractivity contribution >= 4 is 11.8 Å². The maximum absolute atomic E-state index is 6.01. The molecule has 1 aromatic rings. The number of aryl methyl sites for hydroxylation is 1. The van der Waals surface area contributed by atoms with Crippen LogP contribution in [0.2, 0.25) is 0 Å². The van der Waals surface area contributed by atoms with E-state index in [1.165, 1.54) is 5.56 Å². The molecule has 1 rings (SSSR count). The molecule has 1 aromatic heterocycles. The molecule has 0 aliphatic rings. The molecule has 80 valence electrons. The van der Waals surface area contributed by atoms with Crippen LogP contribution in [0.1, 0.15) is 19.4 Å². The van der Waals surface area contributed by atoms with Gasteiger partial charge in [-0.2, -0.15) is 16.9 Å². The van der Waals surface area contributed by atoms with E-state index in [1.54, 1.807) is 0 Å². The zero-order valence-electron chi connectivity index (χ0n) is 9.10. The van der Waals surface area contributed by atoms with Gasteiger partial charge in [-0.1, -0.05) is 13.8 Å². The Morgan fingerprint density at radius 3 is 2.79 bits per heavy atom. The summed E-state index contributed by atoms with van der Waals surface area (Å²) < 4.78 is 1.82. The molecule has 14 heavy (non-hydrogen) atoms. The average molecular weight is 213 g/mol. The van der Waals surface area contributed by atoms with E-state index >= 15 is 0 Å². The molecule has 0 aromatic carbocycles. The van der Waals surface area contributed by atoms with Gasteiger partial charge in [-0.25, -0.2) is 0 Å². The summed E-state index contributed by atoms with van der Waals surface area (Å²) in [7, 11) is 1.93. The minimum atomic E-state index is 0.242. The lowest BCUT2D eigenvalue weighted by Crippen LogP contribution is -2.26. The van der Waals surface area contributed by atoms with Crippen molar-refractivity contribution < 1.29 is 0 Å². The van der Waals surface area contributed by atoms with E-state index in [9.17, 15) is 0 Å². The summed E-state index contributed by atoms with van der Waals surface area (Å²) >= 11 is 1.91. The summed E-state index contributed by atoms with van der Waals surface area (Å²) in [6.07, 6.45) is 4.84. The highest BCUT2D eigenvalue weighted by Gasteiger charge is 2.06. The predicted molar refractivity (Wildman–Crippen MR) is 62.5 cm³/mol. The molecule has 0 fully saturated rings. The number of nitrogens with two attached hydrogens (primary N) is 1. The third-order valence-electron chi connectivity index (χ3n) is 1.90. The third-order valence-corrected chi connectivity index (χ3v) is 3.19. The summed E-state index contributed by atoms with van der Waals surface area (Å²) in [6, 6.07) is 0.242. The van der Waals surface area contributed by atoms with Crippen LogP contribution in [0, 0.1) is 0 Å². The molecule has 2 N–H and O–H groups in total. The Bertz CT molecular complexity index is 270. The first-order valence-electron chi connectivity index (χ1n) is 4.92. The van der Waals surface area contributed by atoms with Gasteiger partial charge < -0.3 is 5.73 Å². The summed E-state index contributed by atoms with van der Waals surface area (Å²) in [5.41, 5.74) is 7.23. The number of hydrogen-bond acceptors (Lipinski definition) is 3. The summed E-state index contributed by atoms with van der Waals surface area (Å²) in [5.74, 6) is 1.02. The third kappa shape index (κ3) is 4.15. The second-order valence-electron chi connectivity index (χ2n) is 3.87. The van der Waals surface area contributed by atoms with E-state index in [-0.39, 0.29) is 6.04 Å². The van der Waals surface area contributed by atoms with E-state index in [4.69, 9.17) is 5.73 Å². The van der Waals surface area contributed by atoms with E-state index in [0.717, 1.165) is 12.2 Å². The van der Waals surface area contributed by atoms with E-state index in [1.807, 2.05) is 35.9 Å². The molecular formula is C10H19N3S. The molecule has 4 heteroatoms. The molecule has 3 nitrogen and oxygen atoms in total. The van der Waals surface area contributed by atoms with Gasteiger partial charge in [0.05, 0.1) is 6.20 Å². The van der Waals surface area contributed by atoms with Gasteiger partial charge in [0.1, 0.15) is 0 Å².